The van der Waals surface area contributed by atoms with Gasteiger partial charge in [-0.05, 0) is 45.4 Å². The van der Waals surface area contributed by atoms with Crippen molar-refractivity contribution in [1.82, 2.24) is 15.3 Å². The molecule has 0 bridgehead atoms. The summed E-state index contributed by atoms with van der Waals surface area (Å²) in [6, 6.07) is 8.21. The van der Waals surface area contributed by atoms with Crippen LogP contribution in [0, 0.1) is 0 Å². The Bertz CT molecular complexity index is 613. The van der Waals surface area contributed by atoms with Gasteiger partial charge in [0.25, 0.3) is 0 Å². The van der Waals surface area contributed by atoms with Crippen molar-refractivity contribution >= 4 is 39.3 Å². The molecule has 0 aliphatic rings. The minimum atomic E-state index is 0.374. The van der Waals surface area contributed by atoms with Gasteiger partial charge in [-0.1, -0.05) is 19.9 Å². The molecular weight excluding hydrogens is 350 g/mol. The van der Waals surface area contributed by atoms with E-state index in [0.717, 1.165) is 15.9 Å². The molecule has 2 rings (SSSR count). The summed E-state index contributed by atoms with van der Waals surface area (Å²) in [7, 11) is 0. The molecule has 0 radical (unpaired) electrons. The third-order valence-electron chi connectivity index (χ3n) is 2.66. The molecule has 0 amide bonds. The normalized spacial score (nSPS) is 11.0. The van der Waals surface area contributed by atoms with E-state index in [1.54, 1.807) is 6.07 Å². The highest BCUT2D eigenvalue weighted by atomic mass is 79.9. The lowest BCUT2D eigenvalue weighted by molar-refractivity contribution is 0.588. The zero-order valence-corrected chi connectivity index (χ0v) is 14.3. The fourth-order valence-corrected chi connectivity index (χ4v) is 3.13. The first-order chi connectivity index (χ1) is 9.94. The van der Waals surface area contributed by atoms with Gasteiger partial charge < -0.3 is 16.8 Å². The van der Waals surface area contributed by atoms with Gasteiger partial charge in [0, 0.05) is 28.0 Å². The zero-order valence-electron chi connectivity index (χ0n) is 11.9. The van der Waals surface area contributed by atoms with E-state index >= 15 is 0 Å². The molecule has 0 unspecified atom stereocenters. The molecule has 0 spiro atoms. The predicted octanol–water partition coefficient (Wildman–Crippen LogP) is 3.05. The summed E-state index contributed by atoms with van der Waals surface area (Å²) < 4.78 is 1.00. The smallest absolute Gasteiger partial charge is 0.196 e. The van der Waals surface area contributed by atoms with Crippen molar-refractivity contribution in [1.29, 1.82) is 0 Å². The topological polar surface area (TPSA) is 89.8 Å². The van der Waals surface area contributed by atoms with Crippen molar-refractivity contribution in [3.05, 3.63) is 34.3 Å². The molecule has 1 aromatic heterocycles. The standard InChI is InChI=1S/C14H18BrN5S/c1-8(2)18-7-9-3-4-11(10(15)5-9)21-14-19-12(16)6-13(17)20-14/h3-6,8,18H,7H2,1-2H3,(H4,16,17,19,20). The number of rotatable bonds is 5. The van der Waals surface area contributed by atoms with Gasteiger partial charge >= 0.3 is 0 Å². The summed E-state index contributed by atoms with van der Waals surface area (Å²) >= 11 is 5.01. The van der Waals surface area contributed by atoms with Crippen LogP contribution in [-0.2, 0) is 6.54 Å². The summed E-state index contributed by atoms with van der Waals surface area (Å²) in [6.07, 6.45) is 0. The Hall–Kier alpha value is -1.31. The Labute approximate surface area is 137 Å². The summed E-state index contributed by atoms with van der Waals surface area (Å²) in [5, 5.41) is 3.93. The third kappa shape index (κ3) is 4.87. The van der Waals surface area contributed by atoms with Crippen molar-refractivity contribution in [3.63, 3.8) is 0 Å². The van der Waals surface area contributed by atoms with Crippen LogP contribution in [0.1, 0.15) is 19.4 Å². The molecule has 1 heterocycles. The Morgan fingerprint density at radius 1 is 1.19 bits per heavy atom. The van der Waals surface area contributed by atoms with Crippen LogP contribution in [0.15, 0.2) is 38.8 Å². The van der Waals surface area contributed by atoms with Crippen LogP contribution in [-0.4, -0.2) is 16.0 Å². The number of nitrogens with zero attached hydrogens (tertiary/aromatic N) is 2. The molecule has 0 atom stereocenters. The molecular formula is C14H18BrN5S. The van der Waals surface area contributed by atoms with E-state index in [0.29, 0.717) is 22.8 Å². The van der Waals surface area contributed by atoms with Crippen molar-refractivity contribution in [2.45, 2.75) is 36.5 Å². The molecule has 0 saturated heterocycles. The van der Waals surface area contributed by atoms with E-state index in [-0.39, 0.29) is 0 Å². The molecule has 21 heavy (non-hydrogen) atoms. The summed E-state index contributed by atoms with van der Waals surface area (Å²) in [6.45, 7) is 5.09. The second-order valence-corrected chi connectivity index (χ2v) is 6.77. The van der Waals surface area contributed by atoms with Crippen LogP contribution >= 0.6 is 27.7 Å². The summed E-state index contributed by atoms with van der Waals surface area (Å²) in [4.78, 5) is 9.36. The second-order valence-electron chi connectivity index (χ2n) is 4.90. The van der Waals surface area contributed by atoms with Crippen LogP contribution in [0.3, 0.4) is 0 Å². The molecule has 7 heteroatoms. The van der Waals surface area contributed by atoms with Gasteiger partial charge in [-0.15, -0.1) is 0 Å². The van der Waals surface area contributed by atoms with E-state index in [1.165, 1.54) is 17.3 Å². The lowest BCUT2D eigenvalue weighted by Gasteiger charge is -2.10. The van der Waals surface area contributed by atoms with Crippen LogP contribution < -0.4 is 16.8 Å². The number of halogens is 1. The summed E-state index contributed by atoms with van der Waals surface area (Å²) in [5.41, 5.74) is 12.6. The largest absolute Gasteiger partial charge is 0.383 e. The van der Waals surface area contributed by atoms with Gasteiger partial charge in [0.2, 0.25) is 0 Å². The Morgan fingerprint density at radius 3 is 2.43 bits per heavy atom. The highest BCUT2D eigenvalue weighted by molar-refractivity contribution is 9.10. The first-order valence-electron chi connectivity index (χ1n) is 6.53. The Morgan fingerprint density at radius 2 is 1.86 bits per heavy atom. The number of nitrogens with one attached hydrogen (secondary N) is 1. The third-order valence-corrected chi connectivity index (χ3v) is 4.52. The SMILES string of the molecule is CC(C)NCc1ccc(Sc2nc(N)cc(N)n2)c(Br)c1. The average molecular weight is 368 g/mol. The fourth-order valence-electron chi connectivity index (χ4n) is 1.66. The van der Waals surface area contributed by atoms with Gasteiger partial charge in [0.05, 0.1) is 0 Å². The number of nitrogen functional groups attached to an aromatic ring is 2. The molecule has 1 aromatic carbocycles. The van der Waals surface area contributed by atoms with Gasteiger partial charge in [-0.25, -0.2) is 9.97 Å². The van der Waals surface area contributed by atoms with Crippen LogP contribution in [0.4, 0.5) is 11.6 Å². The van der Waals surface area contributed by atoms with E-state index in [2.05, 4.69) is 57.2 Å². The fraction of sp³-hybridized carbons (Fsp3) is 0.286. The van der Waals surface area contributed by atoms with Crippen molar-refractivity contribution in [3.8, 4) is 0 Å². The van der Waals surface area contributed by atoms with Crippen molar-refractivity contribution < 1.29 is 0 Å². The van der Waals surface area contributed by atoms with Gasteiger partial charge in [-0.3, -0.25) is 0 Å². The number of nitrogens with two attached hydrogens (primary N) is 2. The highest BCUT2D eigenvalue weighted by Crippen LogP contribution is 2.32. The Kier molecular flexibility index (Phi) is 5.44. The van der Waals surface area contributed by atoms with Crippen molar-refractivity contribution in [2.24, 2.45) is 0 Å². The highest BCUT2D eigenvalue weighted by Gasteiger charge is 2.08. The van der Waals surface area contributed by atoms with Crippen LogP contribution in [0.5, 0.6) is 0 Å². The summed E-state index contributed by atoms with van der Waals surface area (Å²) in [5.74, 6) is 0.748. The monoisotopic (exact) mass is 367 g/mol. The van der Waals surface area contributed by atoms with Crippen LogP contribution in [0.25, 0.3) is 0 Å². The molecule has 2 aromatic rings. The van der Waals surface area contributed by atoms with Crippen LogP contribution in [0.2, 0.25) is 0 Å². The van der Waals surface area contributed by atoms with Gasteiger partial charge in [-0.2, -0.15) is 0 Å². The maximum atomic E-state index is 5.68. The first kappa shape index (κ1) is 16.1. The molecule has 0 fully saturated rings. The molecule has 0 saturated carbocycles. The quantitative estimate of drug-likeness (QED) is 0.703. The second kappa shape index (κ2) is 7.11. The molecule has 112 valence electrons. The zero-order chi connectivity index (χ0) is 15.4. The molecule has 5 nitrogen and oxygen atoms in total. The lowest BCUT2D eigenvalue weighted by Crippen LogP contribution is -2.21. The van der Waals surface area contributed by atoms with E-state index < -0.39 is 0 Å². The number of hydrogen-bond acceptors (Lipinski definition) is 6. The lowest BCUT2D eigenvalue weighted by atomic mass is 10.2. The van der Waals surface area contributed by atoms with Gasteiger partial charge in [0.1, 0.15) is 11.6 Å². The molecule has 5 N–H and O–H groups in total. The first-order valence-corrected chi connectivity index (χ1v) is 8.14. The Balaban J connectivity index is 2.13. The van der Waals surface area contributed by atoms with E-state index in [4.69, 9.17) is 11.5 Å². The number of aromatic nitrogens is 2. The number of benzene rings is 1. The van der Waals surface area contributed by atoms with Gasteiger partial charge in [0.15, 0.2) is 5.16 Å². The van der Waals surface area contributed by atoms with E-state index in [1.807, 2.05) is 6.07 Å². The average Bonchev–Trinajstić information content (AvgIpc) is 2.38. The molecule has 0 aliphatic heterocycles. The minimum Gasteiger partial charge on any atom is -0.383 e. The maximum absolute atomic E-state index is 5.68. The van der Waals surface area contributed by atoms with E-state index in [9.17, 15) is 0 Å². The number of hydrogen-bond donors (Lipinski definition) is 3. The minimum absolute atomic E-state index is 0.374. The molecule has 0 aliphatic carbocycles. The number of anilines is 2. The predicted molar refractivity (Wildman–Crippen MR) is 91.1 cm³/mol. The van der Waals surface area contributed by atoms with Crippen molar-refractivity contribution in [2.75, 3.05) is 11.5 Å². The maximum Gasteiger partial charge on any atom is 0.196 e.